The summed E-state index contributed by atoms with van der Waals surface area (Å²) in [6.07, 6.45) is 4.71. The van der Waals surface area contributed by atoms with Gasteiger partial charge in [0.1, 0.15) is 0 Å². The van der Waals surface area contributed by atoms with E-state index in [0.29, 0.717) is 12.0 Å². The van der Waals surface area contributed by atoms with Crippen LogP contribution in [0.25, 0.3) is 0 Å². The van der Waals surface area contributed by atoms with Gasteiger partial charge in [-0.3, -0.25) is 0 Å². The third kappa shape index (κ3) is 3.33. The molecule has 2 atom stereocenters. The molecule has 1 N–H and O–H groups in total. The van der Waals surface area contributed by atoms with E-state index >= 15 is 0 Å². The second-order valence-corrected chi connectivity index (χ2v) is 5.38. The summed E-state index contributed by atoms with van der Waals surface area (Å²) in [6, 6.07) is 11.1. The minimum absolute atomic E-state index is 0.501. The molecule has 0 aliphatic heterocycles. The average Bonchev–Trinajstić information content (AvgIpc) is 2.38. The Kier molecular flexibility index (Phi) is 4.38. The van der Waals surface area contributed by atoms with Gasteiger partial charge in [-0.2, -0.15) is 0 Å². The summed E-state index contributed by atoms with van der Waals surface area (Å²) in [5.41, 5.74) is 4.14. The highest BCUT2D eigenvalue weighted by Crippen LogP contribution is 2.28. The molecule has 1 aromatic carbocycles. The Bertz CT molecular complexity index is 430. The van der Waals surface area contributed by atoms with E-state index in [9.17, 15) is 0 Å². The summed E-state index contributed by atoms with van der Waals surface area (Å²) >= 11 is 0. The first-order chi connectivity index (χ1) is 8.66. The highest BCUT2D eigenvalue weighted by atomic mass is 14.9. The summed E-state index contributed by atoms with van der Waals surface area (Å²) in [5.74, 6) is 0.641. The van der Waals surface area contributed by atoms with Gasteiger partial charge in [-0.05, 0) is 38.2 Å². The fourth-order valence-electron chi connectivity index (χ4n) is 2.52. The number of hydrogen-bond donors (Lipinski definition) is 1. The van der Waals surface area contributed by atoms with Gasteiger partial charge in [0.05, 0.1) is 0 Å². The molecule has 0 saturated carbocycles. The molecule has 1 aromatic rings. The lowest BCUT2D eigenvalue weighted by atomic mass is 9.83. The van der Waals surface area contributed by atoms with Crippen LogP contribution in [0.1, 0.15) is 32.3 Å². The van der Waals surface area contributed by atoms with Crippen LogP contribution in [0.3, 0.4) is 0 Å². The van der Waals surface area contributed by atoms with Crippen LogP contribution in [0.4, 0.5) is 0 Å². The van der Waals surface area contributed by atoms with Crippen LogP contribution < -0.4 is 5.32 Å². The van der Waals surface area contributed by atoms with E-state index in [-0.39, 0.29) is 0 Å². The van der Waals surface area contributed by atoms with Crippen molar-refractivity contribution < 1.29 is 0 Å². The Morgan fingerprint density at radius 2 is 2.06 bits per heavy atom. The van der Waals surface area contributed by atoms with E-state index in [0.717, 1.165) is 13.0 Å². The van der Waals surface area contributed by atoms with Crippen LogP contribution in [0, 0.1) is 5.92 Å². The van der Waals surface area contributed by atoms with Gasteiger partial charge >= 0.3 is 0 Å². The quantitative estimate of drug-likeness (QED) is 0.783. The van der Waals surface area contributed by atoms with Gasteiger partial charge in [0.15, 0.2) is 0 Å². The lowest BCUT2D eigenvalue weighted by Gasteiger charge is -2.29. The van der Waals surface area contributed by atoms with E-state index in [1.54, 1.807) is 0 Å². The van der Waals surface area contributed by atoms with Crippen LogP contribution in [-0.2, 0) is 6.54 Å². The van der Waals surface area contributed by atoms with Gasteiger partial charge in [-0.15, -0.1) is 0 Å². The van der Waals surface area contributed by atoms with Crippen LogP contribution >= 0.6 is 0 Å². The Hall–Kier alpha value is -1.34. The first kappa shape index (κ1) is 13.1. The summed E-state index contributed by atoms with van der Waals surface area (Å²) in [7, 11) is 0. The van der Waals surface area contributed by atoms with Gasteiger partial charge in [-0.1, -0.05) is 54.1 Å². The normalized spacial score (nSPS) is 23.6. The van der Waals surface area contributed by atoms with Crippen molar-refractivity contribution in [2.75, 3.05) is 0 Å². The topological polar surface area (TPSA) is 12.0 Å². The highest BCUT2D eigenvalue weighted by Gasteiger charge is 2.21. The molecule has 0 unspecified atom stereocenters. The van der Waals surface area contributed by atoms with Crippen molar-refractivity contribution in [3.8, 4) is 0 Å². The number of allylic oxidation sites excluding steroid dienone is 2. The lowest BCUT2D eigenvalue weighted by molar-refractivity contribution is 0.429. The van der Waals surface area contributed by atoms with E-state index < -0.39 is 0 Å². The van der Waals surface area contributed by atoms with Crippen molar-refractivity contribution in [1.82, 2.24) is 5.32 Å². The Labute approximate surface area is 111 Å². The zero-order chi connectivity index (χ0) is 13.0. The van der Waals surface area contributed by atoms with Crippen molar-refractivity contribution in [2.24, 2.45) is 5.92 Å². The van der Waals surface area contributed by atoms with Crippen LogP contribution in [0.5, 0.6) is 0 Å². The Morgan fingerprint density at radius 3 is 2.72 bits per heavy atom. The largest absolute Gasteiger partial charge is 0.306 e. The van der Waals surface area contributed by atoms with E-state index in [1.165, 1.54) is 23.1 Å². The Morgan fingerprint density at radius 1 is 1.33 bits per heavy atom. The van der Waals surface area contributed by atoms with Crippen molar-refractivity contribution in [3.05, 3.63) is 59.7 Å². The molecule has 1 heteroatoms. The molecule has 0 radical (unpaired) electrons. The van der Waals surface area contributed by atoms with Crippen LogP contribution in [0.2, 0.25) is 0 Å². The zero-order valence-corrected chi connectivity index (χ0v) is 11.4. The summed E-state index contributed by atoms with van der Waals surface area (Å²) in [4.78, 5) is 0. The van der Waals surface area contributed by atoms with Crippen molar-refractivity contribution in [1.29, 1.82) is 0 Å². The molecular weight excluding hydrogens is 218 g/mol. The lowest BCUT2D eigenvalue weighted by Crippen LogP contribution is -2.34. The molecule has 1 aliphatic rings. The molecular formula is C17H23N. The minimum atomic E-state index is 0.501. The SMILES string of the molecule is C=C(C)[C@H]1CC=C(C)[C@@H](NCc2ccccc2)C1. The third-order valence-electron chi connectivity index (χ3n) is 3.89. The zero-order valence-electron chi connectivity index (χ0n) is 11.4. The van der Waals surface area contributed by atoms with Gasteiger partial charge in [0.2, 0.25) is 0 Å². The van der Waals surface area contributed by atoms with Gasteiger partial charge in [-0.25, -0.2) is 0 Å². The average molecular weight is 241 g/mol. The molecule has 96 valence electrons. The fraction of sp³-hybridized carbons (Fsp3) is 0.412. The van der Waals surface area contributed by atoms with Gasteiger partial charge < -0.3 is 5.32 Å². The molecule has 0 heterocycles. The smallest absolute Gasteiger partial charge is 0.0285 e. The minimum Gasteiger partial charge on any atom is -0.306 e. The van der Waals surface area contributed by atoms with Crippen molar-refractivity contribution in [2.45, 2.75) is 39.3 Å². The molecule has 2 rings (SSSR count). The molecule has 18 heavy (non-hydrogen) atoms. The molecule has 0 fully saturated rings. The maximum absolute atomic E-state index is 4.10. The second kappa shape index (κ2) is 6.01. The van der Waals surface area contributed by atoms with Gasteiger partial charge in [0, 0.05) is 12.6 Å². The van der Waals surface area contributed by atoms with Crippen LogP contribution in [-0.4, -0.2) is 6.04 Å². The molecule has 0 amide bonds. The first-order valence-corrected chi connectivity index (χ1v) is 6.76. The molecule has 0 bridgehead atoms. The second-order valence-electron chi connectivity index (χ2n) is 5.38. The number of benzene rings is 1. The maximum atomic E-state index is 4.10. The Balaban J connectivity index is 1.94. The predicted octanol–water partition coefficient (Wildman–Crippen LogP) is 4.08. The molecule has 0 saturated heterocycles. The van der Waals surface area contributed by atoms with Crippen molar-refractivity contribution >= 4 is 0 Å². The molecule has 0 aromatic heterocycles. The number of hydrogen-bond acceptors (Lipinski definition) is 1. The van der Waals surface area contributed by atoms with Crippen molar-refractivity contribution in [3.63, 3.8) is 0 Å². The standard InChI is InChI=1S/C17H23N/c1-13(2)16-10-9-14(3)17(11-16)18-12-15-7-5-4-6-8-15/h4-9,16-18H,1,10-12H2,2-3H3/t16-,17-/m0/s1. The molecule has 1 aliphatic carbocycles. The van der Waals surface area contributed by atoms with E-state index in [1.807, 2.05) is 0 Å². The summed E-state index contributed by atoms with van der Waals surface area (Å²) in [5, 5.41) is 3.66. The number of rotatable bonds is 4. The first-order valence-electron chi connectivity index (χ1n) is 6.76. The van der Waals surface area contributed by atoms with E-state index in [2.05, 4.69) is 62.2 Å². The monoisotopic (exact) mass is 241 g/mol. The third-order valence-corrected chi connectivity index (χ3v) is 3.89. The fourth-order valence-corrected chi connectivity index (χ4v) is 2.52. The maximum Gasteiger partial charge on any atom is 0.0285 e. The predicted molar refractivity (Wildman–Crippen MR) is 78.4 cm³/mol. The highest BCUT2D eigenvalue weighted by molar-refractivity contribution is 5.19. The van der Waals surface area contributed by atoms with E-state index in [4.69, 9.17) is 0 Å². The summed E-state index contributed by atoms with van der Waals surface area (Å²) in [6.45, 7) is 9.42. The van der Waals surface area contributed by atoms with Gasteiger partial charge in [0.25, 0.3) is 0 Å². The summed E-state index contributed by atoms with van der Waals surface area (Å²) < 4.78 is 0. The number of nitrogens with one attached hydrogen (secondary N) is 1. The molecule has 0 spiro atoms. The van der Waals surface area contributed by atoms with Crippen LogP contribution in [0.15, 0.2) is 54.1 Å². The molecule has 1 nitrogen and oxygen atoms in total.